The first kappa shape index (κ1) is 19.9. The number of sulfonamides is 1. The van der Waals surface area contributed by atoms with E-state index in [1.54, 1.807) is 19.1 Å². The second kappa shape index (κ2) is 7.88. The summed E-state index contributed by atoms with van der Waals surface area (Å²) in [6.07, 6.45) is 0. The maximum Gasteiger partial charge on any atom is 0.246 e. The molecule has 0 heterocycles. The van der Waals surface area contributed by atoms with Crippen LogP contribution in [0.25, 0.3) is 0 Å². The molecule has 26 heavy (non-hydrogen) atoms. The fourth-order valence-corrected chi connectivity index (χ4v) is 3.33. The van der Waals surface area contributed by atoms with Crippen LogP contribution in [0.15, 0.2) is 47.4 Å². The van der Waals surface area contributed by atoms with E-state index < -0.39 is 16.1 Å². The molecule has 0 radical (unpaired) electrons. The van der Waals surface area contributed by atoms with E-state index in [9.17, 15) is 13.2 Å². The number of carbonyl (C=O) groups is 1. The lowest BCUT2D eigenvalue weighted by Crippen LogP contribution is -2.32. The summed E-state index contributed by atoms with van der Waals surface area (Å²) in [5.74, 6) is -0.245. The lowest BCUT2D eigenvalue weighted by Gasteiger charge is -2.18. The summed E-state index contributed by atoms with van der Waals surface area (Å²) in [5.41, 5.74) is 3.49. The molecule has 2 aromatic rings. The van der Waals surface area contributed by atoms with Gasteiger partial charge in [0, 0.05) is 25.5 Å². The zero-order valence-corrected chi connectivity index (χ0v) is 16.5. The number of nitrogens with zero attached hydrogens (tertiary/aromatic N) is 1. The van der Waals surface area contributed by atoms with Gasteiger partial charge in [0.2, 0.25) is 15.9 Å². The standard InChI is InChI=1S/C19H25N3O3S/c1-13-9-10-14(2)18(11-13)20-15(3)19(23)21-16-7-6-8-17(12-16)26(24,25)22(4)5/h6-12,15,20H,1-5H3,(H,21,23)/t15-/m1/s1. The van der Waals surface area contributed by atoms with Crippen LogP contribution in [0.4, 0.5) is 11.4 Å². The number of hydrogen-bond donors (Lipinski definition) is 2. The Balaban J connectivity index is 2.13. The number of anilines is 2. The van der Waals surface area contributed by atoms with Gasteiger partial charge in [-0.25, -0.2) is 12.7 Å². The number of nitrogens with one attached hydrogen (secondary N) is 2. The van der Waals surface area contributed by atoms with E-state index in [1.165, 1.54) is 26.2 Å². The van der Waals surface area contributed by atoms with Crippen LogP contribution in [0.5, 0.6) is 0 Å². The van der Waals surface area contributed by atoms with E-state index in [1.807, 2.05) is 32.0 Å². The van der Waals surface area contributed by atoms with Gasteiger partial charge in [0.25, 0.3) is 0 Å². The molecule has 0 saturated carbocycles. The molecule has 0 aliphatic carbocycles. The number of carbonyl (C=O) groups excluding carboxylic acids is 1. The highest BCUT2D eigenvalue weighted by atomic mass is 32.2. The first-order chi connectivity index (χ1) is 12.1. The minimum atomic E-state index is -3.55. The van der Waals surface area contributed by atoms with Crippen molar-refractivity contribution >= 4 is 27.3 Å². The Morgan fingerprint density at radius 2 is 1.77 bits per heavy atom. The third-order valence-electron chi connectivity index (χ3n) is 4.04. The fourth-order valence-electron chi connectivity index (χ4n) is 2.39. The SMILES string of the molecule is Cc1ccc(C)c(N[C@H](C)C(=O)Nc2cccc(S(=O)(=O)N(C)C)c2)c1. The van der Waals surface area contributed by atoms with Gasteiger partial charge in [0.05, 0.1) is 4.90 Å². The predicted molar refractivity (Wildman–Crippen MR) is 105 cm³/mol. The topological polar surface area (TPSA) is 78.5 Å². The van der Waals surface area contributed by atoms with Crippen LogP contribution < -0.4 is 10.6 Å². The van der Waals surface area contributed by atoms with Crippen molar-refractivity contribution in [1.82, 2.24) is 4.31 Å². The van der Waals surface area contributed by atoms with E-state index in [0.717, 1.165) is 21.1 Å². The molecule has 0 aliphatic rings. The summed E-state index contributed by atoms with van der Waals surface area (Å²) in [7, 11) is -0.610. The monoisotopic (exact) mass is 375 g/mol. The van der Waals surface area contributed by atoms with Crippen molar-refractivity contribution in [3.8, 4) is 0 Å². The van der Waals surface area contributed by atoms with Gasteiger partial charge in [0.15, 0.2) is 0 Å². The molecule has 1 amide bonds. The average molecular weight is 375 g/mol. The maximum absolute atomic E-state index is 12.5. The first-order valence-electron chi connectivity index (χ1n) is 8.28. The molecule has 6 nitrogen and oxygen atoms in total. The van der Waals surface area contributed by atoms with Crippen molar-refractivity contribution in [1.29, 1.82) is 0 Å². The lowest BCUT2D eigenvalue weighted by atomic mass is 10.1. The molecule has 2 aromatic carbocycles. The quantitative estimate of drug-likeness (QED) is 0.814. The number of amides is 1. The molecule has 0 fully saturated rings. The van der Waals surface area contributed by atoms with Gasteiger partial charge in [-0.1, -0.05) is 18.2 Å². The van der Waals surface area contributed by atoms with Crippen LogP contribution in [0.1, 0.15) is 18.1 Å². The second-order valence-electron chi connectivity index (χ2n) is 6.49. The Kier molecular flexibility index (Phi) is 6.05. The number of aryl methyl sites for hydroxylation is 2. The van der Waals surface area contributed by atoms with Gasteiger partial charge in [-0.05, 0) is 56.2 Å². The Morgan fingerprint density at radius 1 is 1.08 bits per heavy atom. The normalized spacial score (nSPS) is 12.7. The van der Waals surface area contributed by atoms with E-state index in [0.29, 0.717) is 5.69 Å². The van der Waals surface area contributed by atoms with Crippen LogP contribution in [-0.4, -0.2) is 38.8 Å². The number of benzene rings is 2. The lowest BCUT2D eigenvalue weighted by molar-refractivity contribution is -0.116. The van der Waals surface area contributed by atoms with Crippen LogP contribution in [0, 0.1) is 13.8 Å². The summed E-state index contributed by atoms with van der Waals surface area (Å²) in [5, 5.41) is 5.96. The van der Waals surface area contributed by atoms with Crippen LogP contribution in [0.2, 0.25) is 0 Å². The summed E-state index contributed by atoms with van der Waals surface area (Å²) < 4.78 is 25.6. The molecular weight excluding hydrogens is 350 g/mol. The summed E-state index contributed by atoms with van der Waals surface area (Å²) in [4.78, 5) is 12.6. The molecule has 140 valence electrons. The Morgan fingerprint density at radius 3 is 2.42 bits per heavy atom. The number of rotatable bonds is 6. The summed E-state index contributed by atoms with van der Waals surface area (Å²) in [6.45, 7) is 5.73. The van der Waals surface area contributed by atoms with Crippen molar-refractivity contribution in [3.05, 3.63) is 53.6 Å². The van der Waals surface area contributed by atoms with Gasteiger partial charge in [-0.2, -0.15) is 0 Å². The zero-order chi connectivity index (χ0) is 19.5. The van der Waals surface area contributed by atoms with Gasteiger partial charge < -0.3 is 10.6 Å². The molecule has 0 aliphatic heterocycles. The molecule has 0 bridgehead atoms. The molecule has 1 atom stereocenters. The number of hydrogen-bond acceptors (Lipinski definition) is 4. The average Bonchev–Trinajstić information content (AvgIpc) is 2.58. The molecule has 0 saturated heterocycles. The molecule has 0 unspecified atom stereocenters. The van der Waals surface area contributed by atoms with E-state index in [-0.39, 0.29) is 10.8 Å². The van der Waals surface area contributed by atoms with Gasteiger partial charge in [-0.15, -0.1) is 0 Å². The van der Waals surface area contributed by atoms with Crippen LogP contribution in [-0.2, 0) is 14.8 Å². The van der Waals surface area contributed by atoms with E-state index >= 15 is 0 Å². The highest BCUT2D eigenvalue weighted by Gasteiger charge is 2.19. The van der Waals surface area contributed by atoms with Crippen LogP contribution in [0.3, 0.4) is 0 Å². The van der Waals surface area contributed by atoms with E-state index in [2.05, 4.69) is 10.6 Å². The molecule has 2 rings (SSSR count). The molecular formula is C19H25N3O3S. The zero-order valence-electron chi connectivity index (χ0n) is 15.7. The first-order valence-corrected chi connectivity index (χ1v) is 9.72. The smallest absolute Gasteiger partial charge is 0.246 e. The van der Waals surface area contributed by atoms with Crippen molar-refractivity contribution in [2.45, 2.75) is 31.7 Å². The third-order valence-corrected chi connectivity index (χ3v) is 5.85. The Hall–Kier alpha value is -2.38. The minimum Gasteiger partial charge on any atom is -0.374 e. The van der Waals surface area contributed by atoms with Gasteiger partial charge in [0.1, 0.15) is 6.04 Å². The summed E-state index contributed by atoms with van der Waals surface area (Å²) in [6, 6.07) is 11.8. The van der Waals surface area contributed by atoms with Crippen LogP contribution >= 0.6 is 0 Å². The maximum atomic E-state index is 12.5. The second-order valence-corrected chi connectivity index (χ2v) is 8.64. The van der Waals surface area contributed by atoms with E-state index in [4.69, 9.17) is 0 Å². The molecule has 2 N–H and O–H groups in total. The fraction of sp³-hybridized carbons (Fsp3) is 0.316. The highest BCUT2D eigenvalue weighted by Crippen LogP contribution is 2.20. The van der Waals surface area contributed by atoms with Crippen molar-refractivity contribution in [2.75, 3.05) is 24.7 Å². The Bertz CT molecular complexity index is 908. The van der Waals surface area contributed by atoms with Crippen molar-refractivity contribution in [2.24, 2.45) is 0 Å². The molecule has 0 spiro atoms. The Labute approximate surface area is 155 Å². The minimum absolute atomic E-state index is 0.135. The van der Waals surface area contributed by atoms with Gasteiger partial charge in [-0.3, -0.25) is 4.79 Å². The largest absolute Gasteiger partial charge is 0.374 e. The highest BCUT2D eigenvalue weighted by molar-refractivity contribution is 7.89. The molecule has 0 aromatic heterocycles. The predicted octanol–water partition coefficient (Wildman–Crippen LogP) is 2.99. The van der Waals surface area contributed by atoms with Crippen molar-refractivity contribution in [3.63, 3.8) is 0 Å². The van der Waals surface area contributed by atoms with Gasteiger partial charge >= 0.3 is 0 Å². The third kappa shape index (κ3) is 4.62. The summed E-state index contributed by atoms with van der Waals surface area (Å²) >= 11 is 0. The van der Waals surface area contributed by atoms with Crippen molar-refractivity contribution < 1.29 is 13.2 Å². The molecule has 7 heteroatoms.